The van der Waals surface area contributed by atoms with Crippen LogP contribution in [0.1, 0.15) is 57.7 Å². The second kappa shape index (κ2) is 8.91. The van der Waals surface area contributed by atoms with E-state index in [1.54, 1.807) is 0 Å². The number of piperidine rings is 1. The van der Waals surface area contributed by atoms with Crippen LogP contribution in [0, 0.1) is 5.92 Å². The quantitative estimate of drug-likeness (QED) is 0.650. The molecule has 0 aromatic heterocycles. The highest BCUT2D eigenvalue weighted by Crippen LogP contribution is 2.34. The first-order valence-electron chi connectivity index (χ1n) is 10.4. The topological polar surface area (TPSA) is 29.5 Å². The van der Waals surface area contributed by atoms with Gasteiger partial charge in [-0.3, -0.25) is 9.69 Å². The van der Waals surface area contributed by atoms with Crippen molar-refractivity contribution in [3.63, 3.8) is 0 Å². The minimum atomic E-state index is -0.457. The number of benzene rings is 2. The zero-order chi connectivity index (χ0) is 20.1. The summed E-state index contributed by atoms with van der Waals surface area (Å²) in [6.45, 7) is 9.11. The van der Waals surface area contributed by atoms with Gasteiger partial charge >= 0.3 is 5.97 Å². The van der Waals surface area contributed by atoms with Crippen molar-refractivity contribution < 1.29 is 9.53 Å². The number of rotatable bonds is 5. The summed E-state index contributed by atoms with van der Waals surface area (Å²) in [7, 11) is 0. The van der Waals surface area contributed by atoms with Gasteiger partial charge in [0, 0.05) is 12.1 Å². The summed E-state index contributed by atoms with van der Waals surface area (Å²) < 4.78 is 5.81. The largest absolute Gasteiger partial charge is 0.460 e. The van der Waals surface area contributed by atoms with E-state index in [9.17, 15) is 4.79 Å². The molecule has 0 amide bonds. The third-order valence-electron chi connectivity index (χ3n) is 5.60. The highest BCUT2D eigenvalue weighted by Gasteiger charge is 2.40. The molecule has 0 spiro atoms. The molecule has 1 heterocycles. The van der Waals surface area contributed by atoms with Crippen molar-refractivity contribution >= 4 is 5.97 Å². The molecule has 0 bridgehead atoms. The lowest BCUT2D eigenvalue weighted by Gasteiger charge is -2.44. The van der Waals surface area contributed by atoms with Gasteiger partial charge in [-0.1, -0.05) is 60.7 Å². The van der Waals surface area contributed by atoms with Gasteiger partial charge in [0.15, 0.2) is 0 Å². The van der Waals surface area contributed by atoms with E-state index < -0.39 is 5.60 Å². The molecular formula is C25H33NO2. The lowest BCUT2D eigenvalue weighted by Crippen LogP contribution is -2.51. The Morgan fingerprint density at radius 3 is 2.29 bits per heavy atom. The summed E-state index contributed by atoms with van der Waals surface area (Å²) in [6, 6.07) is 21.5. The van der Waals surface area contributed by atoms with Crippen molar-refractivity contribution in [1.82, 2.24) is 4.90 Å². The smallest absolute Gasteiger partial charge is 0.311 e. The summed E-state index contributed by atoms with van der Waals surface area (Å²) in [5.74, 6) is -0.155. The fourth-order valence-electron chi connectivity index (χ4n) is 4.25. The average molecular weight is 380 g/mol. The van der Waals surface area contributed by atoms with Crippen LogP contribution in [0.25, 0.3) is 0 Å². The van der Waals surface area contributed by atoms with Crippen LogP contribution in [-0.4, -0.2) is 29.1 Å². The molecule has 28 heavy (non-hydrogen) atoms. The maximum atomic E-state index is 13.1. The lowest BCUT2D eigenvalue weighted by atomic mass is 9.83. The lowest BCUT2D eigenvalue weighted by molar-refractivity contribution is -0.165. The van der Waals surface area contributed by atoms with E-state index in [2.05, 4.69) is 66.4 Å². The van der Waals surface area contributed by atoms with Gasteiger partial charge in [0.2, 0.25) is 0 Å². The normalized spacial score (nSPS) is 21.9. The molecule has 150 valence electrons. The minimum absolute atomic E-state index is 0.0570. The van der Waals surface area contributed by atoms with Gasteiger partial charge in [0.25, 0.3) is 0 Å². The summed E-state index contributed by atoms with van der Waals surface area (Å²) in [4.78, 5) is 15.6. The maximum Gasteiger partial charge on any atom is 0.311 e. The number of carbonyl (C=O) groups excluding carboxylic acids is 1. The van der Waals surface area contributed by atoms with Crippen molar-refractivity contribution in [2.75, 3.05) is 6.54 Å². The van der Waals surface area contributed by atoms with Crippen molar-refractivity contribution in [2.24, 2.45) is 5.92 Å². The highest BCUT2D eigenvalue weighted by molar-refractivity contribution is 5.74. The molecule has 3 rings (SSSR count). The summed E-state index contributed by atoms with van der Waals surface area (Å²) >= 11 is 0. The Balaban J connectivity index is 1.89. The molecule has 3 atom stereocenters. The molecule has 1 aliphatic heterocycles. The first-order valence-corrected chi connectivity index (χ1v) is 10.4. The molecule has 2 aromatic carbocycles. The van der Waals surface area contributed by atoms with Crippen LogP contribution in [0.3, 0.4) is 0 Å². The number of ether oxygens (including phenoxy) is 1. The first-order chi connectivity index (χ1) is 13.3. The predicted molar refractivity (Wildman–Crippen MR) is 114 cm³/mol. The second-order valence-corrected chi connectivity index (χ2v) is 8.86. The van der Waals surface area contributed by atoms with Crippen LogP contribution in [0.5, 0.6) is 0 Å². The molecule has 1 fully saturated rings. The molecule has 0 N–H and O–H groups in total. The maximum absolute atomic E-state index is 13.1. The molecular weight excluding hydrogens is 346 g/mol. The number of hydrogen-bond acceptors (Lipinski definition) is 3. The van der Waals surface area contributed by atoms with E-state index in [-0.39, 0.29) is 24.0 Å². The number of esters is 1. The molecule has 0 aliphatic carbocycles. The van der Waals surface area contributed by atoms with Crippen LogP contribution in [0.15, 0.2) is 60.7 Å². The fraction of sp³-hybridized carbons (Fsp3) is 0.480. The monoisotopic (exact) mass is 379 g/mol. The average Bonchev–Trinajstić information content (AvgIpc) is 2.68. The number of nitrogens with zero attached hydrogens (tertiary/aromatic N) is 1. The Bertz CT molecular complexity index is 751. The third kappa shape index (κ3) is 5.23. The molecule has 0 saturated carbocycles. The Hall–Kier alpha value is -2.13. The fourth-order valence-corrected chi connectivity index (χ4v) is 4.25. The molecule has 3 nitrogen and oxygen atoms in total. The van der Waals surface area contributed by atoms with Crippen LogP contribution >= 0.6 is 0 Å². The van der Waals surface area contributed by atoms with Gasteiger partial charge in [0.05, 0.1) is 5.92 Å². The Kier molecular flexibility index (Phi) is 6.56. The van der Waals surface area contributed by atoms with Crippen LogP contribution < -0.4 is 0 Å². The van der Waals surface area contributed by atoms with E-state index in [1.165, 1.54) is 11.1 Å². The van der Waals surface area contributed by atoms with Crippen LogP contribution in [0.2, 0.25) is 0 Å². The van der Waals surface area contributed by atoms with Crippen molar-refractivity contribution in [3.8, 4) is 0 Å². The summed E-state index contributed by atoms with van der Waals surface area (Å²) in [5, 5.41) is 0. The van der Waals surface area contributed by atoms with E-state index >= 15 is 0 Å². The first kappa shape index (κ1) is 20.6. The summed E-state index contributed by atoms with van der Waals surface area (Å²) in [6.07, 6.45) is 2.78. The number of carbonyl (C=O) groups is 1. The molecule has 0 unspecified atom stereocenters. The number of likely N-dealkylation sites (tertiary alicyclic amines) is 1. The summed E-state index contributed by atoms with van der Waals surface area (Å²) in [5.41, 5.74) is 2.11. The molecule has 0 radical (unpaired) electrons. The molecule has 1 saturated heterocycles. The van der Waals surface area contributed by atoms with Crippen LogP contribution in [0.4, 0.5) is 0 Å². The van der Waals surface area contributed by atoms with E-state index in [0.29, 0.717) is 0 Å². The third-order valence-corrected chi connectivity index (χ3v) is 5.60. The highest BCUT2D eigenvalue weighted by atomic mass is 16.6. The van der Waals surface area contributed by atoms with Gasteiger partial charge in [-0.25, -0.2) is 0 Å². The van der Waals surface area contributed by atoms with Crippen molar-refractivity contribution in [3.05, 3.63) is 71.8 Å². The molecule has 2 aromatic rings. The SMILES string of the molecule is C[C@H](c1ccccc1)N1CCC[C@H](C(=O)OC(C)(C)C)[C@H]1Cc1ccccc1. The minimum Gasteiger partial charge on any atom is -0.460 e. The van der Waals surface area contributed by atoms with E-state index in [0.717, 1.165) is 25.8 Å². The van der Waals surface area contributed by atoms with Crippen molar-refractivity contribution in [1.29, 1.82) is 0 Å². The van der Waals surface area contributed by atoms with Gasteiger partial charge in [-0.05, 0) is 64.6 Å². The Morgan fingerprint density at radius 2 is 1.68 bits per heavy atom. The van der Waals surface area contributed by atoms with Gasteiger partial charge < -0.3 is 4.74 Å². The van der Waals surface area contributed by atoms with Gasteiger partial charge in [0.1, 0.15) is 5.60 Å². The molecule has 1 aliphatic rings. The van der Waals surface area contributed by atoms with Gasteiger partial charge in [-0.2, -0.15) is 0 Å². The predicted octanol–water partition coefficient (Wildman–Crippen LogP) is 5.41. The zero-order valence-electron chi connectivity index (χ0n) is 17.6. The Labute approximate surface area is 169 Å². The van der Waals surface area contributed by atoms with Gasteiger partial charge in [-0.15, -0.1) is 0 Å². The van der Waals surface area contributed by atoms with E-state index in [4.69, 9.17) is 4.74 Å². The Morgan fingerprint density at radius 1 is 1.07 bits per heavy atom. The second-order valence-electron chi connectivity index (χ2n) is 8.86. The number of hydrogen-bond donors (Lipinski definition) is 0. The van der Waals surface area contributed by atoms with Crippen molar-refractivity contribution in [2.45, 2.75) is 64.6 Å². The van der Waals surface area contributed by atoms with E-state index in [1.807, 2.05) is 26.8 Å². The molecule has 3 heteroatoms. The standard InChI is InChI=1S/C25H33NO2/c1-19(21-14-9-6-10-15-21)26-17-11-16-22(24(27)28-25(2,3)4)23(26)18-20-12-7-5-8-13-20/h5-10,12-15,19,22-23H,11,16-18H2,1-4H3/t19-,22+,23-/m1/s1. The van der Waals surface area contributed by atoms with Crippen LogP contribution in [-0.2, 0) is 16.0 Å². The zero-order valence-corrected chi connectivity index (χ0v) is 17.6.